The van der Waals surface area contributed by atoms with E-state index < -0.39 is 0 Å². The Labute approximate surface area is 162 Å². The summed E-state index contributed by atoms with van der Waals surface area (Å²) in [5.41, 5.74) is 11.6. The number of H-pyrrole nitrogens is 1. The van der Waals surface area contributed by atoms with Gasteiger partial charge in [-0.2, -0.15) is 0 Å². The van der Waals surface area contributed by atoms with Crippen molar-refractivity contribution in [2.75, 3.05) is 12.3 Å². The maximum Gasteiger partial charge on any atom is 0.220 e. The number of ether oxygens (including phenoxy) is 1. The van der Waals surface area contributed by atoms with E-state index in [9.17, 15) is 0 Å². The third kappa shape index (κ3) is 2.89. The summed E-state index contributed by atoms with van der Waals surface area (Å²) in [5.74, 6) is 2.32. The Kier molecular flexibility index (Phi) is 3.83. The van der Waals surface area contributed by atoms with Gasteiger partial charge in [0.1, 0.15) is 11.6 Å². The molecule has 0 spiro atoms. The number of benzene rings is 2. The van der Waals surface area contributed by atoms with Crippen molar-refractivity contribution in [2.45, 2.75) is 12.3 Å². The molecule has 6 heteroatoms. The summed E-state index contributed by atoms with van der Waals surface area (Å²) in [5, 5.41) is 0. The molecular weight excluding hydrogens is 350 g/mol. The molecule has 0 fully saturated rings. The highest BCUT2D eigenvalue weighted by molar-refractivity contribution is 5.81. The third-order valence-corrected chi connectivity index (χ3v) is 5.08. The van der Waals surface area contributed by atoms with E-state index >= 15 is 0 Å². The number of nitrogens with two attached hydrogens (primary N) is 1. The number of imidazole rings is 1. The smallest absolute Gasteiger partial charge is 0.220 e. The van der Waals surface area contributed by atoms with Crippen LogP contribution in [0.1, 0.15) is 22.9 Å². The zero-order chi connectivity index (χ0) is 19.1. The van der Waals surface area contributed by atoms with Crippen LogP contribution in [0.2, 0.25) is 0 Å². The zero-order valence-corrected chi connectivity index (χ0v) is 15.2. The Balaban J connectivity index is 1.47. The topological polar surface area (TPSA) is 89.7 Å². The SMILES string of the molecule is C=Cc1ccc2c(c1)CC(c1nc3cc(-c4ccnc(N)n4)ccc3[nH]1)CO2. The van der Waals surface area contributed by atoms with Crippen LogP contribution in [-0.2, 0) is 6.42 Å². The molecular formula is C22H19N5O. The Morgan fingerprint density at radius 2 is 2.07 bits per heavy atom. The molecule has 1 unspecified atom stereocenters. The molecule has 3 heterocycles. The van der Waals surface area contributed by atoms with Gasteiger partial charge in [-0.3, -0.25) is 0 Å². The van der Waals surface area contributed by atoms with Crippen LogP contribution in [0.15, 0.2) is 55.2 Å². The summed E-state index contributed by atoms with van der Waals surface area (Å²) in [4.78, 5) is 16.5. The number of anilines is 1. The largest absolute Gasteiger partial charge is 0.493 e. The van der Waals surface area contributed by atoms with E-state index in [1.165, 1.54) is 5.56 Å². The van der Waals surface area contributed by atoms with Crippen molar-refractivity contribution in [2.24, 2.45) is 0 Å². The molecule has 0 saturated carbocycles. The van der Waals surface area contributed by atoms with Crippen molar-refractivity contribution in [3.05, 3.63) is 72.2 Å². The molecule has 3 N–H and O–H groups in total. The van der Waals surface area contributed by atoms with E-state index in [0.717, 1.165) is 45.8 Å². The maximum absolute atomic E-state index is 5.97. The molecule has 1 atom stereocenters. The lowest BCUT2D eigenvalue weighted by Gasteiger charge is -2.24. The van der Waals surface area contributed by atoms with Gasteiger partial charge in [0.25, 0.3) is 0 Å². The van der Waals surface area contributed by atoms with Gasteiger partial charge in [0.05, 0.1) is 29.3 Å². The van der Waals surface area contributed by atoms with Crippen molar-refractivity contribution in [3.8, 4) is 17.0 Å². The fraction of sp³-hybridized carbons (Fsp3) is 0.136. The van der Waals surface area contributed by atoms with Crippen LogP contribution in [0.5, 0.6) is 5.75 Å². The number of hydrogen-bond donors (Lipinski definition) is 2. The normalized spacial score (nSPS) is 15.8. The molecule has 1 aliphatic rings. The predicted octanol–water partition coefficient (Wildman–Crippen LogP) is 3.96. The first kappa shape index (κ1) is 16.5. The molecule has 138 valence electrons. The lowest BCUT2D eigenvalue weighted by molar-refractivity contribution is 0.258. The van der Waals surface area contributed by atoms with E-state index in [1.54, 1.807) is 6.20 Å². The highest BCUT2D eigenvalue weighted by Gasteiger charge is 2.24. The molecule has 0 aliphatic carbocycles. The van der Waals surface area contributed by atoms with E-state index in [2.05, 4.69) is 27.6 Å². The van der Waals surface area contributed by atoms with Gasteiger partial charge in [-0.1, -0.05) is 24.8 Å². The van der Waals surface area contributed by atoms with Gasteiger partial charge < -0.3 is 15.5 Å². The molecule has 28 heavy (non-hydrogen) atoms. The van der Waals surface area contributed by atoms with Crippen molar-refractivity contribution in [3.63, 3.8) is 0 Å². The molecule has 5 rings (SSSR count). The van der Waals surface area contributed by atoms with E-state index in [4.69, 9.17) is 15.5 Å². The van der Waals surface area contributed by atoms with Crippen molar-refractivity contribution < 1.29 is 4.74 Å². The summed E-state index contributed by atoms with van der Waals surface area (Å²) >= 11 is 0. The number of fused-ring (bicyclic) bond motifs is 2. The standard InChI is InChI=1S/C22H19N5O/c1-2-13-3-6-20-15(9-13)10-16(12-28-20)21-25-18-5-4-14(11-19(18)26-21)17-7-8-24-22(23)27-17/h2-9,11,16H,1,10,12H2,(H,25,26)(H2,23,24,27). The van der Waals surface area contributed by atoms with Crippen LogP contribution in [0.3, 0.4) is 0 Å². The van der Waals surface area contributed by atoms with Crippen LogP contribution in [-0.4, -0.2) is 26.5 Å². The molecule has 0 saturated heterocycles. The Hall–Kier alpha value is -3.67. The summed E-state index contributed by atoms with van der Waals surface area (Å²) in [7, 11) is 0. The fourth-order valence-electron chi connectivity index (χ4n) is 3.63. The molecule has 1 aliphatic heterocycles. The van der Waals surface area contributed by atoms with Gasteiger partial charge in [-0.15, -0.1) is 0 Å². The highest BCUT2D eigenvalue weighted by atomic mass is 16.5. The predicted molar refractivity (Wildman–Crippen MR) is 110 cm³/mol. The molecule has 2 aromatic carbocycles. The van der Waals surface area contributed by atoms with Crippen molar-refractivity contribution in [1.82, 2.24) is 19.9 Å². The number of rotatable bonds is 3. The van der Waals surface area contributed by atoms with Gasteiger partial charge in [0.15, 0.2) is 0 Å². The molecule has 0 amide bonds. The minimum atomic E-state index is 0.179. The zero-order valence-electron chi connectivity index (χ0n) is 15.2. The number of hydrogen-bond acceptors (Lipinski definition) is 5. The number of nitrogens with zero attached hydrogens (tertiary/aromatic N) is 3. The van der Waals surface area contributed by atoms with E-state index in [1.807, 2.05) is 42.5 Å². The second-order valence-electron chi connectivity index (χ2n) is 6.94. The average Bonchev–Trinajstić information content (AvgIpc) is 3.16. The summed E-state index contributed by atoms with van der Waals surface area (Å²) in [6.07, 6.45) is 4.39. The van der Waals surface area contributed by atoms with Gasteiger partial charge in [0, 0.05) is 11.8 Å². The Bertz CT molecular complexity index is 1200. The number of aromatic nitrogens is 4. The molecule has 0 bridgehead atoms. The number of aromatic amines is 1. The van der Waals surface area contributed by atoms with Crippen molar-refractivity contribution in [1.29, 1.82) is 0 Å². The lowest BCUT2D eigenvalue weighted by Crippen LogP contribution is -2.20. The first-order valence-electron chi connectivity index (χ1n) is 9.16. The van der Waals surface area contributed by atoms with E-state index in [-0.39, 0.29) is 11.9 Å². The average molecular weight is 369 g/mol. The summed E-state index contributed by atoms with van der Waals surface area (Å²) in [6.45, 7) is 4.45. The van der Waals surface area contributed by atoms with Gasteiger partial charge in [0.2, 0.25) is 5.95 Å². The van der Waals surface area contributed by atoms with Crippen LogP contribution >= 0.6 is 0 Å². The first-order chi connectivity index (χ1) is 13.7. The molecule has 6 nitrogen and oxygen atoms in total. The third-order valence-electron chi connectivity index (χ3n) is 5.08. The Morgan fingerprint density at radius 3 is 2.93 bits per heavy atom. The van der Waals surface area contributed by atoms with Crippen molar-refractivity contribution >= 4 is 23.1 Å². The highest BCUT2D eigenvalue weighted by Crippen LogP contribution is 2.33. The van der Waals surface area contributed by atoms with E-state index in [0.29, 0.717) is 6.61 Å². The second-order valence-corrected chi connectivity index (χ2v) is 6.94. The number of nitrogen functional groups attached to an aromatic ring is 1. The van der Waals surface area contributed by atoms with Crippen LogP contribution in [0, 0.1) is 0 Å². The fourth-order valence-corrected chi connectivity index (χ4v) is 3.63. The summed E-state index contributed by atoms with van der Waals surface area (Å²) < 4.78 is 5.97. The van der Waals surface area contributed by atoms with Gasteiger partial charge in [-0.25, -0.2) is 15.0 Å². The Morgan fingerprint density at radius 1 is 1.14 bits per heavy atom. The monoisotopic (exact) mass is 369 g/mol. The van der Waals surface area contributed by atoms with Crippen LogP contribution in [0.25, 0.3) is 28.4 Å². The first-order valence-corrected chi connectivity index (χ1v) is 9.16. The van der Waals surface area contributed by atoms with Gasteiger partial charge in [-0.05, 0) is 47.9 Å². The molecule has 0 radical (unpaired) electrons. The second kappa shape index (κ2) is 6.49. The molecule has 2 aromatic heterocycles. The van der Waals surface area contributed by atoms with Gasteiger partial charge >= 0.3 is 0 Å². The van der Waals surface area contributed by atoms with Crippen LogP contribution < -0.4 is 10.5 Å². The number of nitrogens with one attached hydrogen (secondary N) is 1. The van der Waals surface area contributed by atoms with Crippen LogP contribution in [0.4, 0.5) is 5.95 Å². The summed E-state index contributed by atoms with van der Waals surface area (Å²) in [6, 6.07) is 14.1. The quantitative estimate of drug-likeness (QED) is 0.570. The minimum absolute atomic E-state index is 0.179. The lowest BCUT2D eigenvalue weighted by atomic mass is 9.95. The maximum atomic E-state index is 5.97. The minimum Gasteiger partial charge on any atom is -0.493 e. The molecule has 4 aromatic rings.